The van der Waals surface area contributed by atoms with Crippen LogP contribution in [-0.2, 0) is 14.4 Å². The van der Waals surface area contributed by atoms with Crippen LogP contribution in [-0.4, -0.2) is 101 Å². The molecule has 1 saturated carbocycles. The maximum Gasteiger partial charge on any atom is 0.315 e. The van der Waals surface area contributed by atoms with Gasteiger partial charge in [0.1, 0.15) is 18.1 Å². The predicted octanol–water partition coefficient (Wildman–Crippen LogP) is 2.57. The van der Waals surface area contributed by atoms with E-state index in [0.29, 0.717) is 0 Å². The molecule has 0 aromatic carbocycles. The molecular formula is C34H49F2N7O6. The van der Waals surface area contributed by atoms with Crippen LogP contribution in [0.25, 0.3) is 0 Å². The summed E-state index contributed by atoms with van der Waals surface area (Å²) in [5.74, 6) is -3.30. The van der Waals surface area contributed by atoms with E-state index in [1.807, 2.05) is 34.6 Å². The lowest BCUT2D eigenvalue weighted by atomic mass is 9.85. The Hall–Kier alpha value is -4.17. The van der Waals surface area contributed by atoms with Gasteiger partial charge in [-0.2, -0.15) is 0 Å². The highest BCUT2D eigenvalue weighted by molar-refractivity contribution is 6.21. The lowest BCUT2D eigenvalue weighted by Crippen LogP contribution is -2.63. The largest absolute Gasteiger partial charge is 0.355 e. The number of carbonyl (C=O) groups is 6. The fraction of sp³-hybridized carbons (Fsp3) is 0.676. The lowest BCUT2D eigenvalue weighted by molar-refractivity contribution is -0.144. The highest BCUT2D eigenvalue weighted by Crippen LogP contribution is 2.65. The molecule has 49 heavy (non-hydrogen) atoms. The van der Waals surface area contributed by atoms with Crippen molar-refractivity contribution in [1.82, 2.24) is 36.1 Å². The highest BCUT2D eigenvalue weighted by Gasteiger charge is 2.70. The first-order valence-electron chi connectivity index (χ1n) is 16.6. The molecule has 7 amide bonds. The molecule has 2 fully saturated rings. The first-order valence-corrected chi connectivity index (χ1v) is 16.6. The van der Waals surface area contributed by atoms with Crippen molar-refractivity contribution < 1.29 is 37.5 Å². The maximum absolute atomic E-state index is 14.3. The normalized spacial score (nSPS) is 23.0. The molecule has 1 aromatic rings. The number of rotatable bonds is 11. The predicted molar refractivity (Wildman–Crippen MR) is 175 cm³/mol. The number of amides is 7. The first kappa shape index (κ1) is 37.6. The van der Waals surface area contributed by atoms with Crippen molar-refractivity contribution in [2.45, 2.75) is 99.3 Å². The number of carbonyl (C=O) groups excluding carboxylic acids is 6. The van der Waals surface area contributed by atoms with Crippen molar-refractivity contribution in [2.75, 3.05) is 19.6 Å². The Bertz CT molecular complexity index is 1470. The van der Waals surface area contributed by atoms with Crippen LogP contribution >= 0.6 is 0 Å². The average molecular weight is 690 g/mol. The number of nitrogens with zero attached hydrogens (tertiary/aromatic N) is 3. The summed E-state index contributed by atoms with van der Waals surface area (Å²) in [6.07, 6.45) is -0.974. The van der Waals surface area contributed by atoms with Gasteiger partial charge in [-0.15, -0.1) is 0 Å². The maximum atomic E-state index is 14.3. The summed E-state index contributed by atoms with van der Waals surface area (Å²) in [5.41, 5.74) is -1.36. The number of nitrogens with one attached hydrogen (secondary N) is 4. The molecule has 6 atom stereocenters. The van der Waals surface area contributed by atoms with Crippen LogP contribution in [0.5, 0.6) is 0 Å². The van der Waals surface area contributed by atoms with Gasteiger partial charge < -0.3 is 26.2 Å². The summed E-state index contributed by atoms with van der Waals surface area (Å²) in [4.78, 5) is 86.7. The quantitative estimate of drug-likeness (QED) is 0.259. The third-order valence-electron chi connectivity index (χ3n) is 10.0. The van der Waals surface area contributed by atoms with Gasteiger partial charge in [0.25, 0.3) is 11.8 Å². The van der Waals surface area contributed by atoms with Crippen molar-refractivity contribution in [2.24, 2.45) is 28.1 Å². The lowest BCUT2D eigenvalue weighted by Gasteiger charge is -2.39. The van der Waals surface area contributed by atoms with Gasteiger partial charge >= 0.3 is 6.03 Å². The zero-order valence-electron chi connectivity index (χ0n) is 29.6. The fourth-order valence-corrected chi connectivity index (χ4v) is 6.94. The summed E-state index contributed by atoms with van der Waals surface area (Å²) >= 11 is 0. The van der Waals surface area contributed by atoms with Crippen LogP contribution in [0, 0.1) is 28.1 Å². The van der Waals surface area contributed by atoms with Gasteiger partial charge in [-0.3, -0.25) is 33.9 Å². The molecule has 3 aliphatic rings. The molecule has 1 aliphatic carbocycles. The minimum absolute atomic E-state index is 0.0419. The van der Waals surface area contributed by atoms with Crippen LogP contribution in [0.2, 0.25) is 0 Å². The average Bonchev–Trinajstić information content (AvgIpc) is 3.26. The van der Waals surface area contributed by atoms with Gasteiger partial charge in [0.2, 0.25) is 24.1 Å². The van der Waals surface area contributed by atoms with E-state index in [1.165, 1.54) is 23.4 Å². The molecule has 270 valence electrons. The van der Waals surface area contributed by atoms with E-state index in [4.69, 9.17) is 0 Å². The van der Waals surface area contributed by atoms with E-state index in [1.54, 1.807) is 27.7 Å². The van der Waals surface area contributed by atoms with Crippen molar-refractivity contribution in [3.63, 3.8) is 0 Å². The van der Waals surface area contributed by atoms with E-state index in [0.717, 1.165) is 4.90 Å². The Morgan fingerprint density at radius 1 is 0.980 bits per heavy atom. The van der Waals surface area contributed by atoms with E-state index in [9.17, 15) is 37.5 Å². The van der Waals surface area contributed by atoms with Gasteiger partial charge in [-0.05, 0) is 41.1 Å². The number of aromatic nitrogens is 1. The Morgan fingerprint density at radius 3 is 2.16 bits per heavy atom. The number of hydrogen-bond acceptors (Lipinski definition) is 7. The summed E-state index contributed by atoms with van der Waals surface area (Å²) in [6.45, 7) is 16.6. The van der Waals surface area contributed by atoms with Crippen LogP contribution < -0.4 is 21.3 Å². The number of alkyl halides is 2. The van der Waals surface area contributed by atoms with Gasteiger partial charge in [0, 0.05) is 31.9 Å². The topological polar surface area (TPSA) is 170 Å². The molecule has 2 aliphatic heterocycles. The smallest absolute Gasteiger partial charge is 0.315 e. The molecule has 1 aromatic heterocycles. The molecule has 0 spiro atoms. The number of pyridine rings is 1. The van der Waals surface area contributed by atoms with Crippen molar-refractivity contribution >= 4 is 35.6 Å². The molecule has 13 nitrogen and oxygen atoms in total. The molecule has 1 saturated heterocycles. The molecule has 0 unspecified atom stereocenters. The summed E-state index contributed by atoms with van der Waals surface area (Å²) in [5, 5.41) is 10.6. The van der Waals surface area contributed by atoms with Crippen LogP contribution in [0.3, 0.4) is 0 Å². The number of urea groups is 1. The Kier molecular flexibility index (Phi) is 10.5. The number of hydrogen-bond donors (Lipinski definition) is 4. The Morgan fingerprint density at radius 2 is 1.61 bits per heavy atom. The minimum atomic E-state index is -2.85. The molecule has 0 bridgehead atoms. The molecule has 0 radical (unpaired) electrons. The van der Waals surface area contributed by atoms with Gasteiger partial charge in [0.05, 0.1) is 23.7 Å². The van der Waals surface area contributed by atoms with Crippen molar-refractivity contribution in [3.05, 3.63) is 29.6 Å². The van der Waals surface area contributed by atoms with Gasteiger partial charge in [-0.25, -0.2) is 13.6 Å². The Balaban J connectivity index is 1.53. The van der Waals surface area contributed by atoms with Crippen LogP contribution in [0.1, 0.15) is 89.5 Å². The first-order chi connectivity index (χ1) is 22.6. The molecule has 15 heteroatoms. The van der Waals surface area contributed by atoms with Crippen LogP contribution in [0.15, 0.2) is 18.5 Å². The van der Waals surface area contributed by atoms with E-state index in [-0.39, 0.29) is 48.0 Å². The van der Waals surface area contributed by atoms with Gasteiger partial charge in [0.15, 0.2) is 0 Å². The number of likely N-dealkylation sites (tertiary alicyclic amines) is 1. The molecule has 4 rings (SSSR count). The van der Waals surface area contributed by atoms with E-state index >= 15 is 0 Å². The minimum Gasteiger partial charge on any atom is -0.355 e. The number of likely N-dealkylation sites (N-methyl/N-ethyl adjacent to an activating group) is 1. The van der Waals surface area contributed by atoms with E-state index < -0.39 is 83.4 Å². The monoisotopic (exact) mass is 689 g/mol. The summed E-state index contributed by atoms with van der Waals surface area (Å²) in [6, 6.07) is -3.63. The number of imide groups is 1. The van der Waals surface area contributed by atoms with E-state index in [2.05, 4.69) is 26.3 Å². The summed E-state index contributed by atoms with van der Waals surface area (Å²) in [7, 11) is 0. The second-order valence-electron chi connectivity index (χ2n) is 15.9. The number of piperidine rings is 1. The van der Waals surface area contributed by atoms with Crippen LogP contribution in [0.4, 0.5) is 13.6 Å². The second kappa shape index (κ2) is 13.6. The zero-order chi connectivity index (χ0) is 36.8. The molecule has 3 heterocycles. The van der Waals surface area contributed by atoms with Crippen molar-refractivity contribution in [3.8, 4) is 0 Å². The standard InChI is InChI=1S/C34H49F2N7O6/c1-10-38-26(44)20(13-22(35)36)39-27(45)24-23-19(34(23,8)9)15-42(24)30(48)25(33(5,6)7)41-31(49)40-21(32(2,3)4)16-43-28(46)17-11-12-37-14-18(17)29(43)47/h11-12,14,19-25H,10,13,15-16H2,1-9H3,(H,38,44)(H,39,45)(H2,40,41,49)/t19-,20-,21+,23-,24-,25+/m0/s1. The Labute approximate surface area is 285 Å². The zero-order valence-corrected chi connectivity index (χ0v) is 29.6. The SMILES string of the molecule is CCNC(=O)[C@H](CC(F)F)NC(=O)[C@@H]1[C@@H]2[C@H](CN1C(=O)[C@@H](NC(=O)N[C@H](CN1C(=O)c3ccncc3C1=O)C(C)(C)C)C(C)(C)C)C2(C)C. The third kappa shape index (κ3) is 7.70. The van der Waals surface area contributed by atoms with Crippen molar-refractivity contribution in [1.29, 1.82) is 0 Å². The second-order valence-corrected chi connectivity index (χ2v) is 15.9. The molecule has 4 N–H and O–H groups in total. The third-order valence-corrected chi connectivity index (χ3v) is 10.0. The number of halogens is 2. The van der Waals surface area contributed by atoms with Gasteiger partial charge in [-0.1, -0.05) is 55.4 Å². The number of fused-ring (bicyclic) bond motifs is 2. The molecular weight excluding hydrogens is 640 g/mol. The summed E-state index contributed by atoms with van der Waals surface area (Å²) < 4.78 is 26.8. The highest BCUT2D eigenvalue weighted by atomic mass is 19.3. The fourth-order valence-electron chi connectivity index (χ4n) is 6.94.